The van der Waals surface area contributed by atoms with Gasteiger partial charge in [0, 0.05) is 10.8 Å². The molecule has 0 radical (unpaired) electrons. The molecule has 3 rings (SSSR count). The maximum atomic E-state index is 12.0. The lowest BCUT2D eigenvalue weighted by Crippen LogP contribution is -2.33. The van der Waals surface area contributed by atoms with Crippen molar-refractivity contribution in [3.8, 4) is 0 Å². The topological polar surface area (TPSA) is 41.1 Å². The van der Waals surface area contributed by atoms with Crippen molar-refractivity contribution in [1.29, 1.82) is 0 Å². The average Bonchev–Trinajstić information content (AvgIpc) is 2.82. The molecule has 92 valence electrons. The first-order valence-corrected chi connectivity index (χ1v) is 7.19. The first-order chi connectivity index (χ1) is 8.30. The number of piperidine rings is 1. The molecule has 1 aliphatic heterocycles. The Balaban J connectivity index is 1.51. The second-order valence-electron chi connectivity index (χ2n) is 5.17. The predicted octanol–water partition coefficient (Wildman–Crippen LogP) is 1.75. The fourth-order valence-corrected chi connectivity index (χ4v) is 3.55. The number of amides is 1. The van der Waals surface area contributed by atoms with Crippen LogP contribution in [0.15, 0.2) is 17.5 Å². The Kier molecular flexibility index (Phi) is 2.92. The highest BCUT2D eigenvalue weighted by molar-refractivity contribution is 7.09. The van der Waals surface area contributed by atoms with Gasteiger partial charge >= 0.3 is 0 Å². The van der Waals surface area contributed by atoms with E-state index in [1.807, 2.05) is 11.4 Å². The molecule has 1 saturated heterocycles. The monoisotopic (exact) mass is 250 g/mol. The number of thiophene rings is 1. The van der Waals surface area contributed by atoms with Gasteiger partial charge in [-0.1, -0.05) is 6.07 Å². The Labute approximate surface area is 106 Å². The predicted molar refractivity (Wildman–Crippen MR) is 68.8 cm³/mol. The first-order valence-electron chi connectivity index (χ1n) is 6.31. The summed E-state index contributed by atoms with van der Waals surface area (Å²) >= 11 is 1.70. The molecule has 1 saturated carbocycles. The maximum absolute atomic E-state index is 12.0. The van der Waals surface area contributed by atoms with Gasteiger partial charge in [0.25, 0.3) is 0 Å². The third-order valence-electron chi connectivity index (χ3n) is 4.12. The van der Waals surface area contributed by atoms with Crippen LogP contribution >= 0.6 is 11.3 Å². The van der Waals surface area contributed by atoms with E-state index >= 15 is 0 Å². The molecule has 0 bridgehead atoms. The highest BCUT2D eigenvalue weighted by Gasteiger charge is 2.57. The van der Waals surface area contributed by atoms with Crippen LogP contribution in [0, 0.1) is 11.3 Å². The molecule has 1 spiro atoms. The molecular weight excluding hydrogens is 232 g/mol. The molecule has 1 aromatic rings. The number of carbonyl (C=O) groups is 1. The fourth-order valence-electron chi connectivity index (χ4n) is 2.91. The van der Waals surface area contributed by atoms with Crippen molar-refractivity contribution in [3.05, 3.63) is 22.4 Å². The Morgan fingerprint density at radius 2 is 2.35 bits per heavy atom. The normalized spacial score (nSPS) is 25.8. The molecule has 2 heterocycles. The van der Waals surface area contributed by atoms with Crippen LogP contribution in [0.4, 0.5) is 0 Å². The summed E-state index contributed by atoms with van der Waals surface area (Å²) in [7, 11) is 0. The van der Waals surface area contributed by atoms with Gasteiger partial charge in [-0.05, 0) is 49.2 Å². The van der Waals surface area contributed by atoms with Gasteiger partial charge < -0.3 is 10.6 Å². The van der Waals surface area contributed by atoms with Gasteiger partial charge in [0.1, 0.15) is 0 Å². The van der Waals surface area contributed by atoms with E-state index in [0.29, 0.717) is 12.0 Å². The van der Waals surface area contributed by atoms with Crippen molar-refractivity contribution in [3.63, 3.8) is 0 Å². The van der Waals surface area contributed by atoms with Crippen molar-refractivity contribution < 1.29 is 4.79 Å². The fraction of sp³-hybridized carbons (Fsp3) is 0.615. The summed E-state index contributed by atoms with van der Waals surface area (Å²) in [5, 5.41) is 8.48. The van der Waals surface area contributed by atoms with Crippen LogP contribution < -0.4 is 10.6 Å². The second-order valence-corrected chi connectivity index (χ2v) is 6.20. The molecule has 1 amide bonds. The van der Waals surface area contributed by atoms with Gasteiger partial charge in [0.05, 0.1) is 6.54 Å². The third-order valence-corrected chi connectivity index (χ3v) is 5.00. The Morgan fingerprint density at radius 3 is 3.06 bits per heavy atom. The van der Waals surface area contributed by atoms with Crippen molar-refractivity contribution in [1.82, 2.24) is 10.6 Å². The summed E-state index contributed by atoms with van der Waals surface area (Å²) in [6.45, 7) is 2.85. The standard InChI is InChI=1S/C13H18N2OS/c16-12(15-9-10-2-1-7-17-10)11-8-13(11)3-5-14-6-4-13/h1-2,7,11,14H,3-6,8-9H2,(H,15,16)/t11-/m1/s1. The minimum absolute atomic E-state index is 0.264. The van der Waals surface area contributed by atoms with Gasteiger partial charge in [-0.2, -0.15) is 0 Å². The molecule has 2 aliphatic rings. The summed E-state index contributed by atoms with van der Waals surface area (Å²) < 4.78 is 0. The highest BCUT2D eigenvalue weighted by Crippen LogP contribution is 2.58. The van der Waals surface area contributed by atoms with Crippen LogP contribution in [0.1, 0.15) is 24.1 Å². The van der Waals surface area contributed by atoms with Crippen LogP contribution in [0.3, 0.4) is 0 Å². The lowest BCUT2D eigenvalue weighted by atomic mass is 9.92. The van der Waals surface area contributed by atoms with E-state index in [2.05, 4.69) is 16.7 Å². The van der Waals surface area contributed by atoms with E-state index in [0.717, 1.165) is 19.5 Å². The molecule has 1 atom stereocenters. The molecule has 3 nitrogen and oxygen atoms in total. The number of carbonyl (C=O) groups excluding carboxylic acids is 1. The van der Waals surface area contributed by atoms with E-state index in [-0.39, 0.29) is 11.8 Å². The minimum Gasteiger partial charge on any atom is -0.351 e. The van der Waals surface area contributed by atoms with E-state index in [4.69, 9.17) is 0 Å². The molecule has 2 fully saturated rings. The van der Waals surface area contributed by atoms with Crippen LogP contribution in [0.2, 0.25) is 0 Å². The van der Waals surface area contributed by atoms with Crippen LogP contribution in [0.25, 0.3) is 0 Å². The highest BCUT2D eigenvalue weighted by atomic mass is 32.1. The van der Waals surface area contributed by atoms with Gasteiger partial charge in [-0.25, -0.2) is 0 Å². The van der Waals surface area contributed by atoms with Gasteiger partial charge in [-0.15, -0.1) is 11.3 Å². The zero-order valence-electron chi connectivity index (χ0n) is 9.87. The molecule has 2 N–H and O–H groups in total. The zero-order valence-corrected chi connectivity index (χ0v) is 10.7. The van der Waals surface area contributed by atoms with Crippen molar-refractivity contribution in [2.75, 3.05) is 13.1 Å². The minimum atomic E-state index is 0.264. The first kappa shape index (κ1) is 11.2. The van der Waals surface area contributed by atoms with Crippen molar-refractivity contribution in [2.45, 2.75) is 25.8 Å². The third kappa shape index (κ3) is 2.24. The number of nitrogens with one attached hydrogen (secondary N) is 2. The van der Waals surface area contributed by atoms with E-state index in [1.54, 1.807) is 11.3 Å². The maximum Gasteiger partial charge on any atom is 0.223 e. The number of hydrogen-bond acceptors (Lipinski definition) is 3. The lowest BCUT2D eigenvalue weighted by Gasteiger charge is -2.23. The molecule has 4 heteroatoms. The summed E-state index contributed by atoms with van der Waals surface area (Å²) in [6.07, 6.45) is 3.44. The second kappa shape index (κ2) is 4.42. The van der Waals surface area contributed by atoms with E-state index in [9.17, 15) is 4.79 Å². The van der Waals surface area contributed by atoms with E-state index < -0.39 is 0 Å². The largest absolute Gasteiger partial charge is 0.351 e. The molecule has 1 aliphatic carbocycles. The number of hydrogen-bond donors (Lipinski definition) is 2. The summed E-state index contributed by atoms with van der Waals surface area (Å²) in [6, 6.07) is 4.09. The number of rotatable bonds is 3. The zero-order chi connectivity index (χ0) is 11.7. The van der Waals surface area contributed by atoms with Crippen molar-refractivity contribution >= 4 is 17.2 Å². The molecule has 0 unspecified atom stereocenters. The molecule has 1 aromatic heterocycles. The van der Waals surface area contributed by atoms with Crippen molar-refractivity contribution in [2.24, 2.45) is 11.3 Å². The van der Waals surface area contributed by atoms with Gasteiger partial charge in [0.15, 0.2) is 0 Å². The quantitative estimate of drug-likeness (QED) is 0.858. The van der Waals surface area contributed by atoms with Crippen LogP contribution in [-0.2, 0) is 11.3 Å². The van der Waals surface area contributed by atoms with Gasteiger partial charge in [0.2, 0.25) is 5.91 Å². The Hall–Kier alpha value is -0.870. The molecule has 0 aromatic carbocycles. The Morgan fingerprint density at radius 1 is 1.53 bits per heavy atom. The van der Waals surface area contributed by atoms with Crippen LogP contribution in [0.5, 0.6) is 0 Å². The summed E-state index contributed by atoms with van der Waals surface area (Å²) in [4.78, 5) is 13.3. The van der Waals surface area contributed by atoms with Crippen LogP contribution in [-0.4, -0.2) is 19.0 Å². The molecular formula is C13H18N2OS. The average molecular weight is 250 g/mol. The summed E-state index contributed by atoms with van der Waals surface area (Å²) in [5.41, 5.74) is 0.352. The van der Waals surface area contributed by atoms with Gasteiger partial charge in [-0.3, -0.25) is 4.79 Å². The SMILES string of the molecule is O=C(NCc1cccs1)[C@H]1CC12CCNCC2. The summed E-state index contributed by atoms with van der Waals surface area (Å²) in [5.74, 6) is 0.546. The lowest BCUT2D eigenvalue weighted by molar-refractivity contribution is -0.123. The smallest absolute Gasteiger partial charge is 0.223 e. The Bertz CT molecular complexity index is 396. The molecule has 17 heavy (non-hydrogen) atoms. The van der Waals surface area contributed by atoms with E-state index in [1.165, 1.54) is 17.7 Å².